The molecule has 1 amide bonds. The highest BCUT2D eigenvalue weighted by Crippen LogP contribution is 2.15. The molecule has 0 spiro atoms. The maximum atomic E-state index is 12.1. The van der Waals surface area contributed by atoms with Gasteiger partial charge in [-0.1, -0.05) is 24.3 Å². The number of hydrogen-bond acceptors (Lipinski definition) is 6. The zero-order valence-corrected chi connectivity index (χ0v) is 16.2. The van der Waals surface area contributed by atoms with Crippen LogP contribution >= 0.6 is 0 Å². The SMILES string of the molecule is CCOc1ccc(CN(C)C(=O)COC(=O)/C=C/c2cccc([N+](=O)[O-])c2)cc1. The van der Waals surface area contributed by atoms with Gasteiger partial charge in [0.25, 0.3) is 11.6 Å². The fourth-order valence-electron chi connectivity index (χ4n) is 2.42. The fraction of sp³-hybridized carbons (Fsp3) is 0.238. The fourth-order valence-corrected chi connectivity index (χ4v) is 2.42. The Kier molecular flexibility index (Phi) is 7.90. The summed E-state index contributed by atoms with van der Waals surface area (Å²) in [4.78, 5) is 35.6. The topological polar surface area (TPSA) is 99.0 Å². The number of nitro groups is 1. The van der Waals surface area contributed by atoms with Crippen molar-refractivity contribution in [1.82, 2.24) is 4.90 Å². The van der Waals surface area contributed by atoms with Crippen LogP contribution in [0.5, 0.6) is 5.75 Å². The number of non-ortho nitro benzene ring substituents is 1. The first-order valence-corrected chi connectivity index (χ1v) is 8.94. The number of nitro benzene ring substituents is 1. The summed E-state index contributed by atoms with van der Waals surface area (Å²) in [5.41, 5.74) is 1.32. The summed E-state index contributed by atoms with van der Waals surface area (Å²) in [5.74, 6) is -0.301. The number of esters is 1. The Morgan fingerprint density at radius 3 is 2.55 bits per heavy atom. The van der Waals surface area contributed by atoms with Crippen LogP contribution in [-0.2, 0) is 20.9 Å². The van der Waals surface area contributed by atoms with Gasteiger partial charge in [-0.25, -0.2) is 4.79 Å². The highest BCUT2D eigenvalue weighted by Gasteiger charge is 2.12. The summed E-state index contributed by atoms with van der Waals surface area (Å²) in [6.07, 6.45) is 2.52. The lowest BCUT2D eigenvalue weighted by Gasteiger charge is -2.17. The van der Waals surface area contributed by atoms with E-state index in [1.54, 1.807) is 13.1 Å². The van der Waals surface area contributed by atoms with Crippen LogP contribution in [0, 0.1) is 10.1 Å². The molecule has 0 atom stereocenters. The summed E-state index contributed by atoms with van der Waals surface area (Å²) in [6.45, 7) is 2.46. The van der Waals surface area contributed by atoms with Crippen LogP contribution in [0.1, 0.15) is 18.1 Å². The van der Waals surface area contributed by atoms with Gasteiger partial charge < -0.3 is 14.4 Å². The average molecular weight is 398 g/mol. The maximum absolute atomic E-state index is 12.1. The molecule has 8 nitrogen and oxygen atoms in total. The van der Waals surface area contributed by atoms with Gasteiger partial charge in [0.1, 0.15) is 5.75 Å². The van der Waals surface area contributed by atoms with Crippen molar-refractivity contribution in [1.29, 1.82) is 0 Å². The molecular formula is C21H22N2O6. The Balaban J connectivity index is 1.82. The van der Waals surface area contributed by atoms with Gasteiger partial charge in [0, 0.05) is 31.8 Å². The number of carbonyl (C=O) groups is 2. The molecule has 0 saturated carbocycles. The van der Waals surface area contributed by atoms with Crippen molar-refractivity contribution >= 4 is 23.6 Å². The molecule has 0 aliphatic heterocycles. The van der Waals surface area contributed by atoms with E-state index in [4.69, 9.17) is 9.47 Å². The van der Waals surface area contributed by atoms with E-state index in [1.165, 1.54) is 29.2 Å². The molecule has 0 aliphatic carbocycles. The zero-order valence-electron chi connectivity index (χ0n) is 16.2. The lowest BCUT2D eigenvalue weighted by Crippen LogP contribution is -2.30. The van der Waals surface area contributed by atoms with Crippen molar-refractivity contribution < 1.29 is 24.0 Å². The van der Waals surface area contributed by atoms with E-state index in [0.29, 0.717) is 18.7 Å². The van der Waals surface area contributed by atoms with Crippen LogP contribution in [0.2, 0.25) is 0 Å². The number of nitrogens with zero attached hydrogens (tertiary/aromatic N) is 2. The van der Waals surface area contributed by atoms with Gasteiger partial charge in [-0.2, -0.15) is 0 Å². The minimum absolute atomic E-state index is 0.0772. The molecule has 0 fully saturated rings. The summed E-state index contributed by atoms with van der Waals surface area (Å²) in [7, 11) is 1.62. The number of rotatable bonds is 9. The first-order chi connectivity index (χ1) is 13.9. The van der Waals surface area contributed by atoms with Crippen LogP contribution in [0.3, 0.4) is 0 Å². The van der Waals surface area contributed by atoms with Crippen LogP contribution in [0.4, 0.5) is 5.69 Å². The molecule has 8 heteroatoms. The van der Waals surface area contributed by atoms with Crippen LogP contribution in [0.25, 0.3) is 6.08 Å². The van der Waals surface area contributed by atoms with Crippen molar-refractivity contribution in [3.05, 3.63) is 75.8 Å². The van der Waals surface area contributed by atoms with Crippen molar-refractivity contribution in [3.63, 3.8) is 0 Å². The average Bonchev–Trinajstić information content (AvgIpc) is 2.72. The van der Waals surface area contributed by atoms with E-state index in [2.05, 4.69) is 0 Å². The van der Waals surface area contributed by atoms with Gasteiger partial charge in [0.05, 0.1) is 11.5 Å². The molecule has 0 N–H and O–H groups in total. The molecule has 2 aromatic carbocycles. The van der Waals surface area contributed by atoms with Gasteiger partial charge >= 0.3 is 5.97 Å². The Labute approximate surface area is 168 Å². The lowest BCUT2D eigenvalue weighted by atomic mass is 10.2. The Hall–Kier alpha value is -3.68. The Morgan fingerprint density at radius 1 is 1.17 bits per heavy atom. The third-order valence-electron chi connectivity index (χ3n) is 3.91. The van der Waals surface area contributed by atoms with E-state index in [1.807, 2.05) is 31.2 Å². The van der Waals surface area contributed by atoms with Gasteiger partial charge in [0.15, 0.2) is 6.61 Å². The minimum Gasteiger partial charge on any atom is -0.494 e. The second kappa shape index (κ2) is 10.6. The van der Waals surface area contributed by atoms with Gasteiger partial charge in [0.2, 0.25) is 0 Å². The first kappa shape index (κ1) is 21.6. The summed E-state index contributed by atoms with van der Waals surface area (Å²) >= 11 is 0. The molecule has 0 aliphatic rings. The standard InChI is InChI=1S/C21H22N2O6/c1-3-28-19-10-7-17(8-11-19)14-22(2)20(24)15-29-21(25)12-9-16-5-4-6-18(13-16)23(26)27/h4-13H,3,14-15H2,1-2H3/b12-9+. The quantitative estimate of drug-likeness (QED) is 0.278. The van der Waals surface area contributed by atoms with Crippen LogP contribution in [-0.4, -0.2) is 42.0 Å². The molecular weight excluding hydrogens is 376 g/mol. The number of carbonyl (C=O) groups excluding carboxylic acids is 2. The molecule has 0 heterocycles. The van der Waals surface area contributed by atoms with Gasteiger partial charge in [-0.05, 0) is 36.3 Å². The summed E-state index contributed by atoms with van der Waals surface area (Å²) in [6, 6.07) is 13.2. The van der Waals surface area contributed by atoms with E-state index in [-0.39, 0.29) is 11.6 Å². The second-order valence-electron chi connectivity index (χ2n) is 6.12. The maximum Gasteiger partial charge on any atom is 0.331 e. The van der Waals surface area contributed by atoms with E-state index >= 15 is 0 Å². The predicted octanol–water partition coefficient (Wildman–Crippen LogP) is 3.21. The zero-order chi connectivity index (χ0) is 21.2. The first-order valence-electron chi connectivity index (χ1n) is 8.94. The van der Waals surface area contributed by atoms with Crippen molar-refractivity contribution in [2.24, 2.45) is 0 Å². The number of ether oxygens (including phenoxy) is 2. The number of benzene rings is 2. The number of hydrogen-bond donors (Lipinski definition) is 0. The summed E-state index contributed by atoms with van der Waals surface area (Å²) in [5, 5.41) is 10.8. The van der Waals surface area contributed by atoms with Crippen LogP contribution in [0.15, 0.2) is 54.6 Å². The number of likely N-dealkylation sites (N-methyl/N-ethyl adjacent to an activating group) is 1. The van der Waals surface area contributed by atoms with Gasteiger partial charge in [-0.3, -0.25) is 14.9 Å². The Bertz CT molecular complexity index is 892. The highest BCUT2D eigenvalue weighted by molar-refractivity contribution is 5.89. The summed E-state index contributed by atoms with van der Waals surface area (Å²) < 4.78 is 10.3. The minimum atomic E-state index is -0.709. The molecule has 0 bridgehead atoms. The molecule has 0 radical (unpaired) electrons. The second-order valence-corrected chi connectivity index (χ2v) is 6.12. The van der Waals surface area contributed by atoms with E-state index in [0.717, 1.165) is 17.4 Å². The van der Waals surface area contributed by atoms with E-state index in [9.17, 15) is 19.7 Å². The molecule has 0 unspecified atom stereocenters. The largest absolute Gasteiger partial charge is 0.494 e. The van der Waals surface area contributed by atoms with Gasteiger partial charge in [-0.15, -0.1) is 0 Å². The third-order valence-corrected chi connectivity index (χ3v) is 3.91. The van der Waals surface area contributed by atoms with Crippen molar-refractivity contribution in [3.8, 4) is 5.75 Å². The molecule has 2 aromatic rings. The normalized spacial score (nSPS) is 10.6. The molecule has 152 valence electrons. The number of amides is 1. The monoisotopic (exact) mass is 398 g/mol. The molecule has 29 heavy (non-hydrogen) atoms. The highest BCUT2D eigenvalue weighted by atomic mass is 16.6. The molecule has 0 saturated heterocycles. The van der Waals surface area contributed by atoms with Crippen molar-refractivity contribution in [2.75, 3.05) is 20.3 Å². The smallest absolute Gasteiger partial charge is 0.331 e. The predicted molar refractivity (Wildman–Crippen MR) is 107 cm³/mol. The molecule has 2 rings (SSSR count). The lowest BCUT2D eigenvalue weighted by molar-refractivity contribution is -0.384. The third kappa shape index (κ3) is 7.10. The van der Waals surface area contributed by atoms with Crippen LogP contribution < -0.4 is 4.74 Å². The molecule has 0 aromatic heterocycles. The van der Waals surface area contributed by atoms with E-state index < -0.39 is 17.5 Å². The Morgan fingerprint density at radius 2 is 1.90 bits per heavy atom. The van der Waals surface area contributed by atoms with Crippen molar-refractivity contribution in [2.45, 2.75) is 13.5 Å².